The van der Waals surface area contributed by atoms with Gasteiger partial charge in [-0.1, -0.05) is 0 Å². The van der Waals surface area contributed by atoms with Crippen molar-refractivity contribution in [2.45, 2.75) is 12.8 Å². The maximum absolute atomic E-state index is 12.9. The first-order chi connectivity index (χ1) is 11.6. The molecule has 3 amide bonds. The smallest absolute Gasteiger partial charge is 0.321 e. The number of carbonyl (C=O) groups is 2. The number of hydrogen-bond donors (Lipinski definition) is 1. The van der Waals surface area contributed by atoms with Crippen LogP contribution < -0.4 is 5.32 Å². The molecule has 0 aliphatic carbocycles. The highest BCUT2D eigenvalue weighted by molar-refractivity contribution is 5.89. The van der Waals surface area contributed by atoms with Crippen molar-refractivity contribution in [1.29, 1.82) is 0 Å². The summed E-state index contributed by atoms with van der Waals surface area (Å²) in [5, 5.41) is 2.77. The number of rotatable bonds is 3. The summed E-state index contributed by atoms with van der Waals surface area (Å²) in [5.74, 6) is -0.138. The highest BCUT2D eigenvalue weighted by atomic mass is 19.1. The van der Waals surface area contributed by atoms with Gasteiger partial charge in [0.25, 0.3) is 0 Å². The second kappa shape index (κ2) is 7.61. The third kappa shape index (κ3) is 4.23. The molecule has 0 bridgehead atoms. The van der Waals surface area contributed by atoms with Gasteiger partial charge in [-0.3, -0.25) is 9.69 Å². The Labute approximate surface area is 141 Å². The molecule has 2 heterocycles. The molecule has 0 unspecified atom stereocenters. The van der Waals surface area contributed by atoms with Crippen molar-refractivity contribution in [2.24, 2.45) is 0 Å². The van der Waals surface area contributed by atoms with Crippen LogP contribution in [0.1, 0.15) is 12.8 Å². The summed E-state index contributed by atoms with van der Waals surface area (Å²) in [6, 6.07) is 5.53. The lowest BCUT2D eigenvalue weighted by Gasteiger charge is -2.34. The first-order valence-corrected chi connectivity index (χ1v) is 8.43. The predicted octanol–water partition coefficient (Wildman–Crippen LogP) is 1.60. The van der Waals surface area contributed by atoms with Crippen molar-refractivity contribution in [2.75, 3.05) is 51.1 Å². The fraction of sp³-hybridized carbons (Fsp3) is 0.529. The molecule has 0 aromatic heterocycles. The molecule has 7 heteroatoms. The van der Waals surface area contributed by atoms with Gasteiger partial charge in [0, 0.05) is 45.0 Å². The largest absolute Gasteiger partial charge is 0.342 e. The van der Waals surface area contributed by atoms with Gasteiger partial charge in [0.1, 0.15) is 5.82 Å². The zero-order chi connectivity index (χ0) is 16.9. The molecule has 2 aliphatic heterocycles. The van der Waals surface area contributed by atoms with Crippen molar-refractivity contribution in [3.05, 3.63) is 30.1 Å². The molecule has 6 nitrogen and oxygen atoms in total. The SMILES string of the molecule is O=C(CN1CCN(C(=O)Nc2ccc(F)cc2)CC1)N1CCCC1. The molecule has 2 fully saturated rings. The average Bonchev–Trinajstić information content (AvgIpc) is 3.12. The van der Waals surface area contributed by atoms with Crippen LogP contribution in [0.2, 0.25) is 0 Å². The second-order valence-electron chi connectivity index (χ2n) is 6.29. The number of hydrogen-bond acceptors (Lipinski definition) is 3. The summed E-state index contributed by atoms with van der Waals surface area (Å²) in [4.78, 5) is 30.1. The van der Waals surface area contributed by atoms with Crippen LogP contribution in [0.15, 0.2) is 24.3 Å². The van der Waals surface area contributed by atoms with E-state index in [1.165, 1.54) is 24.3 Å². The lowest BCUT2D eigenvalue weighted by atomic mass is 10.3. The van der Waals surface area contributed by atoms with Crippen LogP contribution in [0.25, 0.3) is 0 Å². The molecule has 3 rings (SSSR count). The molecule has 1 aromatic carbocycles. The van der Waals surface area contributed by atoms with E-state index in [4.69, 9.17) is 0 Å². The van der Waals surface area contributed by atoms with E-state index >= 15 is 0 Å². The Hall–Kier alpha value is -2.15. The summed E-state index contributed by atoms with van der Waals surface area (Å²) in [5.41, 5.74) is 0.577. The number of halogens is 1. The first kappa shape index (κ1) is 16.7. The molecular formula is C17H23FN4O2. The van der Waals surface area contributed by atoms with Crippen LogP contribution >= 0.6 is 0 Å². The van der Waals surface area contributed by atoms with Gasteiger partial charge in [-0.05, 0) is 37.1 Å². The van der Waals surface area contributed by atoms with Gasteiger partial charge >= 0.3 is 6.03 Å². The number of carbonyl (C=O) groups excluding carboxylic acids is 2. The minimum atomic E-state index is -0.329. The number of benzene rings is 1. The van der Waals surface area contributed by atoms with Gasteiger partial charge in [0.05, 0.1) is 6.54 Å². The van der Waals surface area contributed by atoms with Crippen LogP contribution in [0.3, 0.4) is 0 Å². The van der Waals surface area contributed by atoms with Crippen LogP contribution in [-0.4, -0.2) is 72.5 Å². The zero-order valence-electron chi connectivity index (χ0n) is 13.7. The number of nitrogens with one attached hydrogen (secondary N) is 1. The summed E-state index contributed by atoms with van der Waals surface area (Å²) in [6.07, 6.45) is 2.20. The van der Waals surface area contributed by atoms with Gasteiger partial charge < -0.3 is 15.1 Å². The number of urea groups is 1. The quantitative estimate of drug-likeness (QED) is 0.913. The molecule has 2 aliphatic rings. The van der Waals surface area contributed by atoms with E-state index in [9.17, 15) is 14.0 Å². The number of anilines is 1. The molecule has 1 aromatic rings. The van der Waals surface area contributed by atoms with E-state index in [0.29, 0.717) is 38.4 Å². The molecule has 2 saturated heterocycles. The summed E-state index contributed by atoms with van der Waals surface area (Å²) < 4.78 is 12.9. The Morgan fingerprint density at radius 3 is 2.17 bits per heavy atom. The summed E-state index contributed by atoms with van der Waals surface area (Å²) >= 11 is 0. The number of nitrogens with zero attached hydrogens (tertiary/aromatic N) is 3. The van der Waals surface area contributed by atoms with E-state index in [0.717, 1.165) is 25.9 Å². The Morgan fingerprint density at radius 2 is 1.54 bits per heavy atom. The van der Waals surface area contributed by atoms with Gasteiger partial charge in [0.2, 0.25) is 5.91 Å². The molecular weight excluding hydrogens is 311 g/mol. The summed E-state index contributed by atoms with van der Waals surface area (Å²) in [6.45, 7) is 4.73. The Balaban J connectivity index is 1.43. The molecule has 1 N–H and O–H groups in total. The van der Waals surface area contributed by atoms with Crippen LogP contribution in [0, 0.1) is 5.82 Å². The van der Waals surface area contributed by atoms with Crippen LogP contribution in [0.4, 0.5) is 14.9 Å². The third-order valence-electron chi connectivity index (χ3n) is 4.57. The normalized spacial score (nSPS) is 18.7. The molecule has 0 atom stereocenters. The average molecular weight is 334 g/mol. The van der Waals surface area contributed by atoms with Crippen molar-refractivity contribution >= 4 is 17.6 Å². The van der Waals surface area contributed by atoms with E-state index in [2.05, 4.69) is 10.2 Å². The molecule has 130 valence electrons. The topological polar surface area (TPSA) is 55.9 Å². The van der Waals surface area contributed by atoms with Gasteiger partial charge in [-0.25, -0.2) is 9.18 Å². The number of likely N-dealkylation sites (tertiary alicyclic amines) is 1. The summed E-state index contributed by atoms with van der Waals surface area (Å²) in [7, 11) is 0. The van der Waals surface area contributed by atoms with Crippen molar-refractivity contribution in [3.63, 3.8) is 0 Å². The van der Waals surface area contributed by atoms with Crippen LogP contribution in [0.5, 0.6) is 0 Å². The van der Waals surface area contributed by atoms with E-state index in [1.54, 1.807) is 4.90 Å². The van der Waals surface area contributed by atoms with E-state index in [1.807, 2.05) is 4.90 Å². The monoisotopic (exact) mass is 334 g/mol. The van der Waals surface area contributed by atoms with Gasteiger partial charge in [-0.15, -0.1) is 0 Å². The van der Waals surface area contributed by atoms with E-state index < -0.39 is 0 Å². The molecule has 24 heavy (non-hydrogen) atoms. The lowest BCUT2D eigenvalue weighted by Crippen LogP contribution is -2.52. The molecule has 0 radical (unpaired) electrons. The fourth-order valence-electron chi connectivity index (χ4n) is 3.10. The lowest BCUT2D eigenvalue weighted by molar-refractivity contribution is -0.131. The van der Waals surface area contributed by atoms with Gasteiger partial charge in [0.15, 0.2) is 0 Å². The second-order valence-corrected chi connectivity index (χ2v) is 6.29. The number of amides is 3. The van der Waals surface area contributed by atoms with Crippen molar-refractivity contribution in [1.82, 2.24) is 14.7 Å². The minimum Gasteiger partial charge on any atom is -0.342 e. The van der Waals surface area contributed by atoms with Gasteiger partial charge in [-0.2, -0.15) is 0 Å². The third-order valence-corrected chi connectivity index (χ3v) is 4.57. The Kier molecular flexibility index (Phi) is 5.30. The Bertz CT molecular complexity index is 579. The highest BCUT2D eigenvalue weighted by Crippen LogP contribution is 2.12. The van der Waals surface area contributed by atoms with Crippen molar-refractivity contribution in [3.8, 4) is 0 Å². The predicted molar refractivity (Wildman–Crippen MR) is 89.2 cm³/mol. The van der Waals surface area contributed by atoms with Crippen LogP contribution in [-0.2, 0) is 4.79 Å². The zero-order valence-corrected chi connectivity index (χ0v) is 13.7. The number of piperazine rings is 1. The first-order valence-electron chi connectivity index (χ1n) is 8.43. The standard InChI is InChI=1S/C17H23FN4O2/c18-14-3-5-15(6-4-14)19-17(24)22-11-9-20(10-12-22)13-16(23)21-7-1-2-8-21/h3-6H,1-2,7-13H2,(H,19,24). The Morgan fingerprint density at radius 1 is 0.917 bits per heavy atom. The minimum absolute atomic E-state index is 0.188. The van der Waals surface area contributed by atoms with E-state index in [-0.39, 0.29) is 17.8 Å². The molecule has 0 saturated carbocycles. The highest BCUT2D eigenvalue weighted by Gasteiger charge is 2.25. The maximum Gasteiger partial charge on any atom is 0.321 e. The van der Waals surface area contributed by atoms with Crippen molar-refractivity contribution < 1.29 is 14.0 Å². The fourth-order valence-corrected chi connectivity index (χ4v) is 3.10. The maximum atomic E-state index is 12.9. The molecule has 0 spiro atoms.